The minimum atomic E-state index is -0.563. The van der Waals surface area contributed by atoms with Crippen molar-refractivity contribution in [3.8, 4) is 5.75 Å². The quantitative estimate of drug-likeness (QED) is 0.570. The molecule has 0 unspecified atom stereocenters. The number of benzene rings is 2. The first-order valence-corrected chi connectivity index (χ1v) is 7.57. The number of phenolic OH excluding ortho intramolecular Hbond substituents is 1. The average molecular weight is 374 g/mol. The summed E-state index contributed by atoms with van der Waals surface area (Å²) in [6.07, 6.45) is 1.37. The van der Waals surface area contributed by atoms with Crippen molar-refractivity contribution in [2.24, 2.45) is 5.10 Å². The lowest BCUT2D eigenvalue weighted by molar-refractivity contribution is -0.115. The molecule has 2 aromatic carbocycles. The molecule has 1 atom stereocenters. The number of carbonyl (C=O) groups is 2. The normalized spacial score (nSPS) is 16.2. The van der Waals surface area contributed by atoms with Crippen LogP contribution in [-0.4, -0.2) is 23.1 Å². The summed E-state index contributed by atoms with van der Waals surface area (Å²) in [6, 6.07) is 11.8. The number of phenols is 1. The van der Waals surface area contributed by atoms with E-state index in [1.807, 2.05) is 18.2 Å². The van der Waals surface area contributed by atoms with Gasteiger partial charge in [0, 0.05) is 16.4 Å². The van der Waals surface area contributed by atoms with Crippen molar-refractivity contribution >= 4 is 39.6 Å². The monoisotopic (exact) mass is 373 g/mol. The maximum Gasteiger partial charge on any atom is 0.275 e. The molecule has 0 fully saturated rings. The van der Waals surface area contributed by atoms with Crippen LogP contribution in [0.5, 0.6) is 5.75 Å². The number of rotatable bonds is 3. The summed E-state index contributed by atoms with van der Waals surface area (Å²) < 4.78 is 0.661. The summed E-state index contributed by atoms with van der Waals surface area (Å²) in [4.78, 5) is 23.9. The number of amides is 2. The molecule has 1 heterocycles. The largest absolute Gasteiger partial charge is 0.507 e. The highest BCUT2D eigenvalue weighted by molar-refractivity contribution is 9.10. The predicted molar refractivity (Wildman–Crippen MR) is 89.6 cm³/mol. The molecule has 0 saturated heterocycles. The second-order valence-corrected chi connectivity index (χ2v) is 5.85. The van der Waals surface area contributed by atoms with Crippen LogP contribution in [0.1, 0.15) is 21.8 Å². The van der Waals surface area contributed by atoms with E-state index in [2.05, 4.69) is 31.8 Å². The van der Waals surface area contributed by atoms with Crippen LogP contribution >= 0.6 is 15.9 Å². The van der Waals surface area contributed by atoms with E-state index in [0.29, 0.717) is 4.47 Å². The summed E-state index contributed by atoms with van der Waals surface area (Å²) in [6.45, 7) is 0. The van der Waals surface area contributed by atoms with Crippen molar-refractivity contribution in [2.75, 3.05) is 5.32 Å². The van der Waals surface area contributed by atoms with Gasteiger partial charge in [0.15, 0.2) is 0 Å². The van der Waals surface area contributed by atoms with Gasteiger partial charge in [-0.1, -0.05) is 34.1 Å². The number of halogens is 1. The molecule has 0 spiro atoms. The van der Waals surface area contributed by atoms with E-state index in [1.165, 1.54) is 18.3 Å². The van der Waals surface area contributed by atoms with Crippen molar-refractivity contribution < 1.29 is 14.7 Å². The van der Waals surface area contributed by atoms with Gasteiger partial charge >= 0.3 is 0 Å². The molecule has 2 amide bonds. The first kappa shape index (κ1) is 15.2. The van der Waals surface area contributed by atoms with Crippen molar-refractivity contribution in [2.45, 2.75) is 5.92 Å². The standard InChI is InChI=1S/C16H12BrN3O3/c17-9-5-6-14(21)11(7-9)16(23)20-18-8-12-10-3-1-2-4-13(10)19-15(12)22/h1-8,12,21H,(H,19,22)(H,20,23)/b18-8-/t12-/m0/s1. The van der Waals surface area contributed by atoms with E-state index in [0.717, 1.165) is 11.3 Å². The zero-order valence-corrected chi connectivity index (χ0v) is 13.4. The molecule has 2 aromatic rings. The summed E-state index contributed by atoms with van der Waals surface area (Å²) in [5, 5.41) is 16.3. The van der Waals surface area contributed by atoms with Gasteiger partial charge in [-0.25, -0.2) is 5.43 Å². The molecule has 23 heavy (non-hydrogen) atoms. The SMILES string of the molecule is O=C(N/N=C\[C@@H]1C(=O)Nc2ccccc21)c1cc(Br)ccc1O. The maximum absolute atomic E-state index is 12.0. The predicted octanol–water partition coefficient (Wildman–Crippen LogP) is 2.61. The minimum Gasteiger partial charge on any atom is -0.507 e. The number of nitrogens with zero attached hydrogens (tertiary/aromatic N) is 1. The summed E-state index contributed by atoms with van der Waals surface area (Å²) >= 11 is 3.23. The van der Waals surface area contributed by atoms with Gasteiger partial charge in [0.2, 0.25) is 5.91 Å². The average Bonchev–Trinajstić information content (AvgIpc) is 2.85. The second-order valence-electron chi connectivity index (χ2n) is 4.93. The highest BCUT2D eigenvalue weighted by Crippen LogP contribution is 2.30. The third kappa shape index (κ3) is 3.09. The highest BCUT2D eigenvalue weighted by Gasteiger charge is 2.28. The van der Waals surface area contributed by atoms with E-state index >= 15 is 0 Å². The minimum absolute atomic E-state index is 0.0906. The van der Waals surface area contributed by atoms with E-state index in [1.54, 1.807) is 12.1 Å². The Bertz CT molecular complexity index is 820. The molecule has 3 N–H and O–H groups in total. The molecule has 116 valence electrons. The topological polar surface area (TPSA) is 90.8 Å². The molecule has 1 aliphatic rings. The van der Waals surface area contributed by atoms with Gasteiger partial charge in [-0.05, 0) is 29.8 Å². The van der Waals surface area contributed by atoms with E-state index in [-0.39, 0.29) is 17.2 Å². The maximum atomic E-state index is 12.0. The molecule has 7 heteroatoms. The summed E-state index contributed by atoms with van der Waals surface area (Å²) in [5.41, 5.74) is 3.95. The molecular weight excluding hydrogens is 362 g/mol. The number of para-hydroxylation sites is 1. The zero-order chi connectivity index (χ0) is 16.4. The molecule has 0 aliphatic carbocycles. The number of nitrogens with one attached hydrogen (secondary N) is 2. The molecule has 3 rings (SSSR count). The fraction of sp³-hybridized carbons (Fsp3) is 0.0625. The van der Waals surface area contributed by atoms with Gasteiger partial charge in [0.1, 0.15) is 11.7 Å². The van der Waals surface area contributed by atoms with Crippen LogP contribution in [0.3, 0.4) is 0 Å². The highest BCUT2D eigenvalue weighted by atomic mass is 79.9. The van der Waals surface area contributed by atoms with E-state index < -0.39 is 11.8 Å². The number of hydrogen-bond acceptors (Lipinski definition) is 4. The third-order valence-corrected chi connectivity index (χ3v) is 3.92. The van der Waals surface area contributed by atoms with Gasteiger partial charge in [-0.2, -0.15) is 5.10 Å². The lowest BCUT2D eigenvalue weighted by Crippen LogP contribution is -2.20. The van der Waals surface area contributed by atoms with Crippen LogP contribution in [0, 0.1) is 0 Å². The third-order valence-electron chi connectivity index (χ3n) is 3.43. The Kier molecular flexibility index (Phi) is 4.12. The Morgan fingerprint density at radius 1 is 1.30 bits per heavy atom. The Balaban J connectivity index is 1.73. The number of hydrogen-bond donors (Lipinski definition) is 3. The van der Waals surface area contributed by atoms with Crippen LogP contribution in [-0.2, 0) is 4.79 Å². The number of carbonyl (C=O) groups excluding carboxylic acids is 2. The lowest BCUT2D eigenvalue weighted by Gasteiger charge is -2.04. The van der Waals surface area contributed by atoms with E-state index in [4.69, 9.17) is 0 Å². The van der Waals surface area contributed by atoms with Crippen LogP contribution < -0.4 is 10.7 Å². The fourth-order valence-electron chi connectivity index (χ4n) is 2.30. The lowest BCUT2D eigenvalue weighted by atomic mass is 10.0. The van der Waals surface area contributed by atoms with Crippen LogP contribution in [0.15, 0.2) is 52.0 Å². The smallest absolute Gasteiger partial charge is 0.275 e. The van der Waals surface area contributed by atoms with Gasteiger partial charge < -0.3 is 10.4 Å². The first-order chi connectivity index (χ1) is 11.1. The van der Waals surface area contributed by atoms with Crippen molar-refractivity contribution in [3.05, 3.63) is 58.1 Å². The van der Waals surface area contributed by atoms with Gasteiger partial charge in [0.05, 0.1) is 5.56 Å². The zero-order valence-electron chi connectivity index (χ0n) is 11.8. The number of anilines is 1. The van der Waals surface area contributed by atoms with Crippen LogP contribution in [0.2, 0.25) is 0 Å². The fourth-order valence-corrected chi connectivity index (χ4v) is 2.66. The van der Waals surface area contributed by atoms with Gasteiger partial charge in [-0.15, -0.1) is 0 Å². The Morgan fingerprint density at radius 3 is 2.91 bits per heavy atom. The van der Waals surface area contributed by atoms with Crippen molar-refractivity contribution in [1.29, 1.82) is 0 Å². The molecule has 6 nitrogen and oxygen atoms in total. The number of fused-ring (bicyclic) bond motifs is 1. The Morgan fingerprint density at radius 2 is 2.09 bits per heavy atom. The van der Waals surface area contributed by atoms with Crippen molar-refractivity contribution in [3.63, 3.8) is 0 Å². The summed E-state index contributed by atoms with van der Waals surface area (Å²) in [7, 11) is 0. The van der Waals surface area contributed by atoms with Gasteiger partial charge in [-0.3, -0.25) is 9.59 Å². The molecule has 0 radical (unpaired) electrons. The summed E-state index contributed by atoms with van der Waals surface area (Å²) in [5.74, 6) is -1.46. The Hall–Kier alpha value is -2.67. The number of aromatic hydroxyl groups is 1. The Labute approximate surface area is 140 Å². The molecule has 0 bridgehead atoms. The first-order valence-electron chi connectivity index (χ1n) is 6.78. The molecule has 1 aliphatic heterocycles. The van der Waals surface area contributed by atoms with Crippen LogP contribution in [0.25, 0.3) is 0 Å². The molecular formula is C16H12BrN3O3. The second kappa shape index (κ2) is 6.21. The van der Waals surface area contributed by atoms with Gasteiger partial charge in [0.25, 0.3) is 5.91 Å². The molecule has 0 aromatic heterocycles. The van der Waals surface area contributed by atoms with E-state index in [9.17, 15) is 14.7 Å². The number of hydrazone groups is 1. The molecule has 0 saturated carbocycles. The van der Waals surface area contributed by atoms with Crippen molar-refractivity contribution in [1.82, 2.24) is 5.43 Å². The van der Waals surface area contributed by atoms with Crippen LogP contribution in [0.4, 0.5) is 5.69 Å².